The number of amides is 1. The SMILES string of the molecule is CCCNC(=O)c1ccc(COc2ccccc2Br)o1. The van der Waals surface area contributed by atoms with Gasteiger partial charge in [-0.25, -0.2) is 0 Å². The second-order valence-electron chi connectivity index (χ2n) is 4.24. The Bertz CT molecular complexity index is 580. The van der Waals surface area contributed by atoms with Gasteiger partial charge in [0.25, 0.3) is 5.91 Å². The molecule has 0 spiro atoms. The molecule has 0 saturated heterocycles. The monoisotopic (exact) mass is 337 g/mol. The minimum Gasteiger partial charge on any atom is -0.484 e. The molecule has 2 aromatic rings. The number of halogens is 1. The van der Waals surface area contributed by atoms with Crippen LogP contribution in [0.2, 0.25) is 0 Å². The van der Waals surface area contributed by atoms with E-state index in [-0.39, 0.29) is 12.5 Å². The van der Waals surface area contributed by atoms with Gasteiger partial charge in [0.1, 0.15) is 18.1 Å². The Morgan fingerprint density at radius 2 is 2.10 bits per heavy atom. The molecular formula is C15H16BrNO3. The highest BCUT2D eigenvalue weighted by Crippen LogP contribution is 2.24. The maximum Gasteiger partial charge on any atom is 0.286 e. The van der Waals surface area contributed by atoms with E-state index >= 15 is 0 Å². The molecule has 0 saturated carbocycles. The van der Waals surface area contributed by atoms with Crippen LogP contribution in [0.5, 0.6) is 5.75 Å². The van der Waals surface area contributed by atoms with Crippen molar-refractivity contribution in [2.24, 2.45) is 0 Å². The Hall–Kier alpha value is -1.75. The Morgan fingerprint density at radius 3 is 2.85 bits per heavy atom. The highest BCUT2D eigenvalue weighted by Gasteiger charge is 2.11. The maximum atomic E-state index is 11.7. The third-order valence-corrected chi connectivity index (χ3v) is 3.28. The molecule has 106 valence electrons. The summed E-state index contributed by atoms with van der Waals surface area (Å²) in [4.78, 5) is 11.7. The maximum absolute atomic E-state index is 11.7. The average Bonchev–Trinajstić information content (AvgIpc) is 2.93. The normalized spacial score (nSPS) is 10.3. The number of para-hydroxylation sites is 1. The molecule has 1 N–H and O–H groups in total. The van der Waals surface area contributed by atoms with Crippen molar-refractivity contribution in [3.05, 3.63) is 52.4 Å². The van der Waals surface area contributed by atoms with Gasteiger partial charge in [-0.2, -0.15) is 0 Å². The van der Waals surface area contributed by atoms with Crippen molar-refractivity contribution in [2.45, 2.75) is 20.0 Å². The van der Waals surface area contributed by atoms with Crippen LogP contribution in [-0.2, 0) is 6.61 Å². The summed E-state index contributed by atoms with van der Waals surface area (Å²) in [7, 11) is 0. The number of carbonyl (C=O) groups is 1. The standard InChI is InChI=1S/C15H16BrNO3/c1-2-9-17-15(18)14-8-7-11(20-14)10-19-13-6-4-3-5-12(13)16/h3-8H,2,9-10H2,1H3,(H,17,18). The smallest absolute Gasteiger partial charge is 0.286 e. The number of ether oxygens (including phenoxy) is 1. The molecule has 0 bridgehead atoms. The van der Waals surface area contributed by atoms with Crippen LogP contribution in [0.3, 0.4) is 0 Å². The molecule has 1 heterocycles. The predicted molar refractivity (Wildman–Crippen MR) is 79.8 cm³/mol. The first-order valence-electron chi connectivity index (χ1n) is 6.45. The predicted octanol–water partition coefficient (Wildman–Crippen LogP) is 3.76. The summed E-state index contributed by atoms with van der Waals surface area (Å²) in [6.07, 6.45) is 0.893. The molecule has 0 radical (unpaired) electrons. The van der Waals surface area contributed by atoms with Crippen LogP contribution < -0.4 is 10.1 Å². The van der Waals surface area contributed by atoms with Gasteiger partial charge >= 0.3 is 0 Å². The number of benzene rings is 1. The fourth-order valence-corrected chi connectivity index (χ4v) is 2.01. The second kappa shape index (κ2) is 7.14. The van der Waals surface area contributed by atoms with Gasteiger partial charge in [-0.3, -0.25) is 4.79 Å². The molecule has 4 nitrogen and oxygen atoms in total. The number of nitrogens with one attached hydrogen (secondary N) is 1. The van der Waals surface area contributed by atoms with E-state index in [1.807, 2.05) is 31.2 Å². The number of furan rings is 1. The highest BCUT2D eigenvalue weighted by atomic mass is 79.9. The lowest BCUT2D eigenvalue weighted by molar-refractivity contribution is 0.0922. The van der Waals surface area contributed by atoms with Gasteiger partial charge in [0, 0.05) is 6.54 Å². The molecule has 5 heteroatoms. The van der Waals surface area contributed by atoms with Crippen molar-refractivity contribution in [1.29, 1.82) is 0 Å². The van der Waals surface area contributed by atoms with E-state index in [0.717, 1.165) is 16.6 Å². The van der Waals surface area contributed by atoms with Crippen molar-refractivity contribution in [3.8, 4) is 5.75 Å². The third-order valence-electron chi connectivity index (χ3n) is 2.63. The molecule has 0 aliphatic heterocycles. The van der Waals surface area contributed by atoms with Gasteiger partial charge in [-0.15, -0.1) is 0 Å². The highest BCUT2D eigenvalue weighted by molar-refractivity contribution is 9.10. The summed E-state index contributed by atoms with van der Waals surface area (Å²) in [5.41, 5.74) is 0. The molecule has 0 unspecified atom stereocenters. The van der Waals surface area contributed by atoms with E-state index in [1.54, 1.807) is 12.1 Å². The molecule has 2 rings (SSSR count). The molecule has 0 aliphatic carbocycles. The average molecular weight is 338 g/mol. The molecule has 0 atom stereocenters. The van der Waals surface area contributed by atoms with E-state index < -0.39 is 0 Å². The fraction of sp³-hybridized carbons (Fsp3) is 0.267. The van der Waals surface area contributed by atoms with Gasteiger partial charge in [-0.05, 0) is 46.6 Å². The largest absolute Gasteiger partial charge is 0.484 e. The zero-order valence-electron chi connectivity index (χ0n) is 11.2. The number of hydrogen-bond acceptors (Lipinski definition) is 3. The van der Waals surface area contributed by atoms with E-state index in [4.69, 9.17) is 9.15 Å². The van der Waals surface area contributed by atoms with Gasteiger partial charge in [0.05, 0.1) is 4.47 Å². The topological polar surface area (TPSA) is 51.5 Å². The van der Waals surface area contributed by atoms with Crippen molar-refractivity contribution < 1.29 is 13.9 Å². The van der Waals surface area contributed by atoms with Crippen LogP contribution in [0.15, 0.2) is 45.3 Å². The number of hydrogen-bond donors (Lipinski definition) is 1. The van der Waals surface area contributed by atoms with Crippen molar-refractivity contribution in [3.63, 3.8) is 0 Å². The molecule has 1 aromatic carbocycles. The Morgan fingerprint density at radius 1 is 1.30 bits per heavy atom. The molecule has 1 amide bonds. The van der Waals surface area contributed by atoms with Crippen LogP contribution in [-0.4, -0.2) is 12.5 Å². The van der Waals surface area contributed by atoms with Crippen molar-refractivity contribution in [1.82, 2.24) is 5.32 Å². The summed E-state index contributed by atoms with van der Waals surface area (Å²) < 4.78 is 12.0. The lowest BCUT2D eigenvalue weighted by atomic mass is 10.3. The lowest BCUT2D eigenvalue weighted by Gasteiger charge is -2.05. The van der Waals surface area contributed by atoms with Gasteiger partial charge in [0.15, 0.2) is 5.76 Å². The summed E-state index contributed by atoms with van der Waals surface area (Å²) in [5, 5.41) is 2.76. The Balaban J connectivity index is 1.93. The minimum absolute atomic E-state index is 0.195. The van der Waals surface area contributed by atoms with E-state index in [1.165, 1.54) is 0 Å². The molecular weight excluding hydrogens is 322 g/mol. The van der Waals surface area contributed by atoms with Gasteiger partial charge < -0.3 is 14.5 Å². The summed E-state index contributed by atoms with van der Waals surface area (Å²) in [5.74, 6) is 1.46. The minimum atomic E-state index is -0.195. The fourth-order valence-electron chi connectivity index (χ4n) is 1.61. The van der Waals surface area contributed by atoms with Crippen LogP contribution in [0.4, 0.5) is 0 Å². The third kappa shape index (κ3) is 3.87. The van der Waals surface area contributed by atoms with E-state index in [9.17, 15) is 4.79 Å². The summed E-state index contributed by atoms with van der Waals surface area (Å²) in [6.45, 7) is 2.92. The quantitative estimate of drug-likeness (QED) is 0.873. The first-order chi connectivity index (χ1) is 9.70. The first kappa shape index (κ1) is 14.7. The van der Waals surface area contributed by atoms with Gasteiger partial charge in [-0.1, -0.05) is 19.1 Å². The van der Waals surface area contributed by atoms with Crippen molar-refractivity contribution in [2.75, 3.05) is 6.54 Å². The summed E-state index contributed by atoms with van der Waals surface area (Å²) in [6, 6.07) is 11.0. The lowest BCUT2D eigenvalue weighted by Crippen LogP contribution is -2.23. The first-order valence-corrected chi connectivity index (χ1v) is 7.24. The van der Waals surface area contributed by atoms with E-state index in [2.05, 4.69) is 21.2 Å². The Labute approximate surface area is 126 Å². The molecule has 0 fully saturated rings. The van der Waals surface area contributed by atoms with Crippen LogP contribution in [0.25, 0.3) is 0 Å². The molecule has 0 aliphatic rings. The molecule has 20 heavy (non-hydrogen) atoms. The van der Waals surface area contributed by atoms with Crippen LogP contribution >= 0.6 is 15.9 Å². The zero-order valence-corrected chi connectivity index (χ0v) is 12.8. The van der Waals surface area contributed by atoms with Crippen LogP contribution in [0.1, 0.15) is 29.7 Å². The molecule has 1 aromatic heterocycles. The van der Waals surface area contributed by atoms with Crippen LogP contribution in [0, 0.1) is 0 Å². The van der Waals surface area contributed by atoms with E-state index in [0.29, 0.717) is 18.1 Å². The number of carbonyl (C=O) groups excluding carboxylic acids is 1. The second-order valence-corrected chi connectivity index (χ2v) is 5.10. The van der Waals surface area contributed by atoms with Crippen molar-refractivity contribution >= 4 is 21.8 Å². The summed E-state index contributed by atoms with van der Waals surface area (Å²) >= 11 is 3.41. The number of rotatable bonds is 6. The zero-order chi connectivity index (χ0) is 14.4. The Kier molecular flexibility index (Phi) is 5.24. The van der Waals surface area contributed by atoms with Gasteiger partial charge in [0.2, 0.25) is 0 Å².